The lowest BCUT2D eigenvalue weighted by molar-refractivity contribution is -0.143. The SMILES string of the molecule is C[C@H](O)C(=O)N1CC[C@H](Oc2ccc(-c3ncnc(Nc4ccc5c(c4)CN(C(=O)OC(C)(C)C)C5)n3)cc2C#N)[C@@H](F)C1. The fraction of sp³-hybridized carbons (Fsp3) is 0.419. The van der Waals surface area contributed by atoms with Gasteiger partial charge in [0.1, 0.15) is 36.0 Å². The van der Waals surface area contributed by atoms with Gasteiger partial charge in [0.05, 0.1) is 12.1 Å². The molecule has 230 valence electrons. The molecule has 12 nitrogen and oxygen atoms in total. The molecule has 1 saturated heterocycles. The molecule has 2 amide bonds. The topological polar surface area (TPSA) is 154 Å². The van der Waals surface area contributed by atoms with Crippen LogP contribution < -0.4 is 10.1 Å². The lowest BCUT2D eigenvalue weighted by Gasteiger charge is -2.35. The third kappa shape index (κ3) is 7.03. The number of piperidine rings is 1. The largest absolute Gasteiger partial charge is 0.486 e. The van der Waals surface area contributed by atoms with Gasteiger partial charge in [0.2, 0.25) is 5.95 Å². The summed E-state index contributed by atoms with van der Waals surface area (Å²) in [6.45, 7) is 7.79. The number of aliphatic hydroxyl groups excluding tert-OH is 1. The summed E-state index contributed by atoms with van der Waals surface area (Å²) in [4.78, 5) is 40.4. The Hall–Kier alpha value is -4.83. The van der Waals surface area contributed by atoms with Gasteiger partial charge in [-0.15, -0.1) is 0 Å². The number of aliphatic hydroxyl groups is 1. The first-order chi connectivity index (χ1) is 20.9. The third-order valence-corrected chi connectivity index (χ3v) is 7.20. The van der Waals surface area contributed by atoms with Crippen LogP contribution in [0.15, 0.2) is 42.7 Å². The molecule has 0 spiro atoms. The fourth-order valence-corrected chi connectivity index (χ4v) is 5.06. The van der Waals surface area contributed by atoms with Crippen LogP contribution in [0.1, 0.15) is 50.8 Å². The Morgan fingerprint density at radius 3 is 2.61 bits per heavy atom. The van der Waals surface area contributed by atoms with Crippen molar-refractivity contribution in [3.8, 4) is 23.2 Å². The second-order valence-electron chi connectivity index (χ2n) is 11.8. The highest BCUT2D eigenvalue weighted by atomic mass is 19.1. The van der Waals surface area contributed by atoms with Gasteiger partial charge in [-0.3, -0.25) is 9.69 Å². The highest BCUT2D eigenvalue weighted by Crippen LogP contribution is 2.30. The molecule has 0 bridgehead atoms. The van der Waals surface area contributed by atoms with Gasteiger partial charge in [0.15, 0.2) is 12.0 Å². The van der Waals surface area contributed by atoms with Crippen LogP contribution in [0.3, 0.4) is 0 Å². The second-order valence-corrected chi connectivity index (χ2v) is 11.8. The van der Waals surface area contributed by atoms with Crippen molar-refractivity contribution < 1.29 is 28.6 Å². The number of hydrogen-bond donors (Lipinski definition) is 2. The van der Waals surface area contributed by atoms with Crippen LogP contribution in [-0.4, -0.2) is 78.9 Å². The van der Waals surface area contributed by atoms with Gasteiger partial charge >= 0.3 is 6.09 Å². The number of nitriles is 1. The van der Waals surface area contributed by atoms with Crippen LogP contribution in [-0.2, 0) is 22.6 Å². The lowest BCUT2D eigenvalue weighted by atomic mass is 10.0. The summed E-state index contributed by atoms with van der Waals surface area (Å²) in [5, 5.41) is 22.5. The van der Waals surface area contributed by atoms with Crippen molar-refractivity contribution in [1.82, 2.24) is 24.8 Å². The monoisotopic (exact) mass is 603 g/mol. The van der Waals surface area contributed by atoms with Gasteiger partial charge in [-0.2, -0.15) is 10.2 Å². The number of halogens is 1. The molecule has 3 aromatic rings. The first-order valence-electron chi connectivity index (χ1n) is 14.3. The fourth-order valence-electron chi connectivity index (χ4n) is 5.06. The van der Waals surface area contributed by atoms with Crippen molar-refractivity contribution in [2.24, 2.45) is 0 Å². The number of ether oxygens (including phenoxy) is 2. The van der Waals surface area contributed by atoms with Crippen molar-refractivity contribution in [1.29, 1.82) is 5.26 Å². The highest BCUT2D eigenvalue weighted by molar-refractivity contribution is 5.80. The van der Waals surface area contributed by atoms with E-state index in [0.29, 0.717) is 24.5 Å². The predicted octanol–water partition coefficient (Wildman–Crippen LogP) is 4.10. The minimum atomic E-state index is -1.48. The molecule has 1 aromatic heterocycles. The molecule has 0 unspecified atom stereocenters. The zero-order valence-electron chi connectivity index (χ0n) is 25.0. The van der Waals surface area contributed by atoms with Crippen molar-refractivity contribution in [3.63, 3.8) is 0 Å². The van der Waals surface area contributed by atoms with Crippen LogP contribution in [0.4, 0.5) is 20.8 Å². The summed E-state index contributed by atoms with van der Waals surface area (Å²) in [6.07, 6.45) is -2.31. The van der Waals surface area contributed by atoms with Crippen molar-refractivity contribution in [3.05, 3.63) is 59.4 Å². The molecular formula is C31H34FN7O5. The van der Waals surface area contributed by atoms with E-state index in [1.807, 2.05) is 39.0 Å². The normalized spacial score (nSPS) is 18.7. The van der Waals surface area contributed by atoms with Crippen LogP contribution in [0.25, 0.3) is 11.4 Å². The maximum Gasteiger partial charge on any atom is 0.410 e. The first-order valence-corrected chi connectivity index (χ1v) is 14.3. The molecule has 2 N–H and O–H groups in total. The summed E-state index contributed by atoms with van der Waals surface area (Å²) >= 11 is 0. The Bertz CT molecular complexity index is 1600. The number of benzene rings is 2. The standard InChI is InChI=1S/C31H34FN7O5/c1-18(40)28(41)38-10-9-26(24(32)16-38)43-25-8-6-19(11-21(25)13-33)27-34-17-35-29(37-27)36-23-7-5-20-14-39(15-22(20)12-23)30(42)44-31(2,3)4/h5-8,11-12,17-18,24,26,40H,9-10,14-16H2,1-4H3,(H,34,35,36,37)/t18-,24-,26-/m0/s1. The first kappa shape index (κ1) is 30.6. The third-order valence-electron chi connectivity index (χ3n) is 7.20. The minimum Gasteiger partial charge on any atom is -0.486 e. The summed E-state index contributed by atoms with van der Waals surface area (Å²) < 4.78 is 26.2. The number of fused-ring (bicyclic) bond motifs is 1. The van der Waals surface area contributed by atoms with E-state index in [4.69, 9.17) is 9.47 Å². The van der Waals surface area contributed by atoms with Gasteiger partial charge in [0, 0.05) is 37.3 Å². The van der Waals surface area contributed by atoms with Crippen molar-refractivity contribution in [2.45, 2.75) is 71.2 Å². The number of carbonyl (C=O) groups excluding carboxylic acids is 2. The molecule has 0 saturated carbocycles. The van der Waals surface area contributed by atoms with E-state index in [0.717, 1.165) is 16.8 Å². The Morgan fingerprint density at radius 2 is 1.91 bits per heavy atom. The molecule has 2 aromatic carbocycles. The predicted molar refractivity (Wildman–Crippen MR) is 157 cm³/mol. The van der Waals surface area contributed by atoms with Gasteiger partial charge in [0.25, 0.3) is 5.91 Å². The molecule has 2 aliphatic heterocycles. The van der Waals surface area contributed by atoms with E-state index in [2.05, 4.69) is 26.3 Å². The van der Waals surface area contributed by atoms with Crippen LogP contribution in [0, 0.1) is 11.3 Å². The Morgan fingerprint density at radius 1 is 1.14 bits per heavy atom. The Kier molecular flexibility index (Phi) is 8.64. The number of nitrogens with zero attached hydrogens (tertiary/aromatic N) is 6. The smallest absolute Gasteiger partial charge is 0.410 e. The summed E-state index contributed by atoms with van der Waals surface area (Å²) in [6, 6.07) is 12.7. The van der Waals surface area contributed by atoms with Crippen LogP contribution in [0.2, 0.25) is 0 Å². The second kappa shape index (κ2) is 12.4. The average molecular weight is 604 g/mol. The van der Waals surface area contributed by atoms with Crippen molar-refractivity contribution >= 4 is 23.6 Å². The molecular weight excluding hydrogens is 569 g/mol. The highest BCUT2D eigenvalue weighted by Gasteiger charge is 2.34. The molecule has 0 aliphatic carbocycles. The maximum atomic E-state index is 14.9. The number of amides is 2. The zero-order valence-corrected chi connectivity index (χ0v) is 25.0. The number of alkyl halides is 1. The van der Waals surface area contributed by atoms with E-state index in [9.17, 15) is 24.3 Å². The molecule has 13 heteroatoms. The maximum absolute atomic E-state index is 14.9. The van der Waals surface area contributed by atoms with Crippen LogP contribution >= 0.6 is 0 Å². The number of carbonyl (C=O) groups is 2. The van der Waals surface area contributed by atoms with Gasteiger partial charge in [-0.05, 0) is 69.2 Å². The molecule has 44 heavy (non-hydrogen) atoms. The summed E-state index contributed by atoms with van der Waals surface area (Å²) in [5.41, 5.74) is 2.89. The van der Waals surface area contributed by atoms with E-state index < -0.39 is 29.9 Å². The summed E-state index contributed by atoms with van der Waals surface area (Å²) in [5.74, 6) is 0.288. The number of nitrogens with one attached hydrogen (secondary N) is 1. The number of hydrogen-bond acceptors (Lipinski definition) is 10. The number of anilines is 2. The Labute approximate surface area is 254 Å². The molecule has 0 radical (unpaired) electrons. The molecule has 1 fully saturated rings. The van der Waals surface area contributed by atoms with Gasteiger partial charge in [-0.25, -0.2) is 19.2 Å². The average Bonchev–Trinajstić information content (AvgIpc) is 3.41. The number of likely N-dealkylation sites (tertiary alicyclic amines) is 1. The molecule has 3 atom stereocenters. The summed E-state index contributed by atoms with van der Waals surface area (Å²) in [7, 11) is 0. The quantitative estimate of drug-likeness (QED) is 0.421. The lowest BCUT2D eigenvalue weighted by Crippen LogP contribution is -2.51. The zero-order chi connectivity index (χ0) is 31.6. The number of rotatable bonds is 6. The number of aromatic nitrogens is 3. The Balaban J connectivity index is 1.25. The minimum absolute atomic E-state index is 0.181. The van der Waals surface area contributed by atoms with E-state index in [1.54, 1.807) is 23.1 Å². The molecule has 3 heterocycles. The van der Waals surface area contributed by atoms with Crippen molar-refractivity contribution in [2.75, 3.05) is 18.4 Å². The van der Waals surface area contributed by atoms with E-state index in [-0.39, 0.29) is 42.9 Å². The molecule has 5 rings (SSSR count). The van der Waals surface area contributed by atoms with Gasteiger partial charge in [-0.1, -0.05) is 6.07 Å². The molecule has 2 aliphatic rings. The van der Waals surface area contributed by atoms with E-state index >= 15 is 0 Å². The van der Waals surface area contributed by atoms with Gasteiger partial charge < -0.3 is 24.8 Å². The van der Waals surface area contributed by atoms with E-state index in [1.165, 1.54) is 18.2 Å². The van der Waals surface area contributed by atoms with Crippen LogP contribution in [0.5, 0.6) is 5.75 Å².